The standard InChI is InChI=1S/C12H16F2N2O/c1-16(9-4-5-17-7-9)10-3-2-8(6-15)11(13)12(10)14/h2-3,9H,4-7,15H2,1H3. The Labute approximate surface area is 99.2 Å². The monoisotopic (exact) mass is 242 g/mol. The number of benzene rings is 1. The predicted octanol–water partition coefficient (Wildman–Crippen LogP) is 1.65. The van der Waals surface area contributed by atoms with Gasteiger partial charge in [0.1, 0.15) is 0 Å². The zero-order chi connectivity index (χ0) is 12.4. The van der Waals surface area contributed by atoms with Crippen LogP contribution in [0.5, 0.6) is 0 Å². The van der Waals surface area contributed by atoms with Crippen LogP contribution in [-0.2, 0) is 11.3 Å². The van der Waals surface area contributed by atoms with E-state index in [-0.39, 0.29) is 23.8 Å². The molecule has 0 aliphatic carbocycles. The van der Waals surface area contributed by atoms with Crippen molar-refractivity contribution in [3.05, 3.63) is 29.3 Å². The molecule has 94 valence electrons. The van der Waals surface area contributed by atoms with E-state index in [1.807, 2.05) is 0 Å². The van der Waals surface area contributed by atoms with E-state index in [0.29, 0.717) is 13.2 Å². The third-order valence-corrected chi connectivity index (χ3v) is 3.20. The van der Waals surface area contributed by atoms with Gasteiger partial charge in [-0.3, -0.25) is 0 Å². The van der Waals surface area contributed by atoms with E-state index in [9.17, 15) is 8.78 Å². The summed E-state index contributed by atoms with van der Waals surface area (Å²) in [7, 11) is 1.75. The molecule has 3 nitrogen and oxygen atoms in total. The first-order chi connectivity index (χ1) is 8.15. The largest absolute Gasteiger partial charge is 0.379 e. The van der Waals surface area contributed by atoms with E-state index in [4.69, 9.17) is 10.5 Å². The lowest BCUT2D eigenvalue weighted by molar-refractivity contribution is 0.193. The van der Waals surface area contributed by atoms with E-state index in [0.717, 1.165) is 6.42 Å². The summed E-state index contributed by atoms with van der Waals surface area (Å²) in [6.45, 7) is 1.22. The Morgan fingerprint density at radius 1 is 1.41 bits per heavy atom. The molecule has 1 saturated heterocycles. The molecule has 1 unspecified atom stereocenters. The van der Waals surface area contributed by atoms with E-state index in [1.165, 1.54) is 6.07 Å². The van der Waals surface area contributed by atoms with Crippen LogP contribution >= 0.6 is 0 Å². The molecular weight excluding hydrogens is 226 g/mol. The highest BCUT2D eigenvalue weighted by Gasteiger charge is 2.24. The van der Waals surface area contributed by atoms with Crippen molar-refractivity contribution in [2.75, 3.05) is 25.2 Å². The number of anilines is 1. The van der Waals surface area contributed by atoms with Crippen molar-refractivity contribution in [2.24, 2.45) is 5.73 Å². The minimum atomic E-state index is -0.851. The van der Waals surface area contributed by atoms with Gasteiger partial charge in [-0.05, 0) is 12.5 Å². The fourth-order valence-corrected chi connectivity index (χ4v) is 2.03. The molecule has 1 aromatic carbocycles. The summed E-state index contributed by atoms with van der Waals surface area (Å²) in [5, 5.41) is 0. The van der Waals surface area contributed by atoms with Crippen molar-refractivity contribution in [3.63, 3.8) is 0 Å². The van der Waals surface area contributed by atoms with E-state index >= 15 is 0 Å². The van der Waals surface area contributed by atoms with Crippen LogP contribution in [0.4, 0.5) is 14.5 Å². The zero-order valence-electron chi connectivity index (χ0n) is 9.75. The summed E-state index contributed by atoms with van der Waals surface area (Å²) in [5.41, 5.74) is 5.78. The van der Waals surface area contributed by atoms with Crippen LogP contribution in [0.15, 0.2) is 12.1 Å². The number of likely N-dealkylation sites (N-methyl/N-ethyl adjacent to an activating group) is 1. The van der Waals surface area contributed by atoms with Gasteiger partial charge in [-0.15, -0.1) is 0 Å². The molecule has 1 aliphatic heterocycles. The number of nitrogens with zero attached hydrogens (tertiary/aromatic N) is 1. The summed E-state index contributed by atoms with van der Waals surface area (Å²) >= 11 is 0. The third kappa shape index (κ3) is 2.25. The Kier molecular flexibility index (Phi) is 3.59. The zero-order valence-corrected chi connectivity index (χ0v) is 9.75. The van der Waals surface area contributed by atoms with Crippen molar-refractivity contribution in [3.8, 4) is 0 Å². The van der Waals surface area contributed by atoms with Gasteiger partial charge in [0.15, 0.2) is 11.6 Å². The number of rotatable bonds is 3. The van der Waals surface area contributed by atoms with Gasteiger partial charge in [0, 0.05) is 25.8 Å². The smallest absolute Gasteiger partial charge is 0.182 e. The Morgan fingerprint density at radius 2 is 2.18 bits per heavy atom. The van der Waals surface area contributed by atoms with Crippen LogP contribution in [0.1, 0.15) is 12.0 Å². The first kappa shape index (κ1) is 12.3. The van der Waals surface area contributed by atoms with Gasteiger partial charge in [-0.25, -0.2) is 8.78 Å². The van der Waals surface area contributed by atoms with Crippen molar-refractivity contribution >= 4 is 5.69 Å². The Morgan fingerprint density at radius 3 is 2.76 bits per heavy atom. The average Bonchev–Trinajstić information content (AvgIpc) is 2.85. The quantitative estimate of drug-likeness (QED) is 0.876. The molecule has 17 heavy (non-hydrogen) atoms. The van der Waals surface area contributed by atoms with Gasteiger partial charge in [-0.2, -0.15) is 0 Å². The van der Waals surface area contributed by atoms with Crippen molar-refractivity contribution < 1.29 is 13.5 Å². The van der Waals surface area contributed by atoms with E-state index in [1.54, 1.807) is 18.0 Å². The third-order valence-electron chi connectivity index (χ3n) is 3.20. The average molecular weight is 242 g/mol. The first-order valence-corrected chi connectivity index (χ1v) is 5.62. The number of nitrogens with two attached hydrogens (primary N) is 1. The first-order valence-electron chi connectivity index (χ1n) is 5.62. The van der Waals surface area contributed by atoms with Crippen molar-refractivity contribution in [1.29, 1.82) is 0 Å². The molecule has 1 aromatic rings. The number of halogens is 2. The second kappa shape index (κ2) is 4.98. The fourth-order valence-electron chi connectivity index (χ4n) is 2.03. The SMILES string of the molecule is CN(c1ccc(CN)c(F)c1F)C1CCOC1. The van der Waals surface area contributed by atoms with Crippen LogP contribution < -0.4 is 10.6 Å². The van der Waals surface area contributed by atoms with Crippen LogP contribution in [0, 0.1) is 11.6 Å². The summed E-state index contributed by atoms with van der Waals surface area (Å²) in [4.78, 5) is 1.73. The molecule has 2 N–H and O–H groups in total. The highest BCUT2D eigenvalue weighted by atomic mass is 19.2. The van der Waals surface area contributed by atoms with Crippen molar-refractivity contribution in [1.82, 2.24) is 0 Å². The van der Waals surface area contributed by atoms with Gasteiger partial charge in [-0.1, -0.05) is 6.07 Å². The van der Waals surface area contributed by atoms with Gasteiger partial charge in [0.25, 0.3) is 0 Å². The molecule has 0 bridgehead atoms. The van der Waals surface area contributed by atoms with E-state index < -0.39 is 11.6 Å². The minimum absolute atomic E-state index is 0.000707. The molecule has 5 heteroatoms. The van der Waals surface area contributed by atoms with Gasteiger partial charge >= 0.3 is 0 Å². The van der Waals surface area contributed by atoms with Gasteiger partial charge in [0.2, 0.25) is 0 Å². The Bertz CT molecular complexity index is 406. The number of hydrogen-bond acceptors (Lipinski definition) is 3. The lowest BCUT2D eigenvalue weighted by Gasteiger charge is -2.26. The molecule has 1 heterocycles. The summed E-state index contributed by atoms with van der Waals surface area (Å²) in [6, 6.07) is 3.20. The predicted molar refractivity (Wildman–Crippen MR) is 61.9 cm³/mol. The van der Waals surface area contributed by atoms with Crippen LogP contribution in [0.3, 0.4) is 0 Å². The maximum Gasteiger partial charge on any atom is 0.182 e. The lowest BCUT2D eigenvalue weighted by atomic mass is 10.1. The second-order valence-corrected chi connectivity index (χ2v) is 4.20. The number of hydrogen-bond donors (Lipinski definition) is 1. The van der Waals surface area contributed by atoms with Gasteiger partial charge in [0.05, 0.1) is 18.3 Å². The molecule has 1 fully saturated rings. The van der Waals surface area contributed by atoms with Crippen LogP contribution in [-0.4, -0.2) is 26.3 Å². The molecule has 0 amide bonds. The Balaban J connectivity index is 2.29. The maximum atomic E-state index is 13.8. The van der Waals surface area contributed by atoms with Crippen molar-refractivity contribution in [2.45, 2.75) is 19.0 Å². The Hall–Kier alpha value is -1.20. The topological polar surface area (TPSA) is 38.5 Å². The van der Waals surface area contributed by atoms with Crippen LogP contribution in [0.25, 0.3) is 0 Å². The summed E-state index contributed by atoms with van der Waals surface area (Å²) in [5.74, 6) is -1.68. The minimum Gasteiger partial charge on any atom is -0.379 e. The molecule has 0 saturated carbocycles. The van der Waals surface area contributed by atoms with Gasteiger partial charge < -0.3 is 15.4 Å². The highest BCUT2D eigenvalue weighted by Crippen LogP contribution is 2.26. The molecule has 0 aromatic heterocycles. The van der Waals surface area contributed by atoms with Crippen LogP contribution in [0.2, 0.25) is 0 Å². The van der Waals surface area contributed by atoms with E-state index in [2.05, 4.69) is 0 Å². The maximum absolute atomic E-state index is 13.8. The molecule has 0 radical (unpaired) electrons. The molecular formula is C12H16F2N2O. The lowest BCUT2D eigenvalue weighted by Crippen LogP contribution is -2.32. The molecule has 2 rings (SSSR count). The number of ether oxygens (including phenoxy) is 1. The highest BCUT2D eigenvalue weighted by molar-refractivity contribution is 5.50. The fraction of sp³-hybridized carbons (Fsp3) is 0.500. The summed E-state index contributed by atoms with van der Waals surface area (Å²) < 4.78 is 32.7. The normalized spacial score (nSPS) is 19.6. The molecule has 0 spiro atoms. The molecule has 1 aliphatic rings. The molecule has 1 atom stereocenters. The summed E-state index contributed by atoms with van der Waals surface area (Å²) in [6.07, 6.45) is 0.830. The second-order valence-electron chi connectivity index (χ2n) is 4.20.